The van der Waals surface area contributed by atoms with Crippen molar-refractivity contribution in [3.05, 3.63) is 28.2 Å². The molecule has 0 spiro atoms. The molecule has 1 fully saturated rings. The Morgan fingerprint density at radius 3 is 2.71 bits per heavy atom. The highest BCUT2D eigenvalue weighted by Crippen LogP contribution is 2.31. The van der Waals surface area contributed by atoms with Crippen LogP contribution in [0.3, 0.4) is 0 Å². The standard InChI is InChI=1S/C15H23BrN2O2S/c1-3-12(17)8-11-4-5-15(14(16)9-11)18(2)13-6-7-21(19,20)10-13/h4-5,9,12-13H,3,6-8,10,17H2,1-2H3. The zero-order valence-electron chi connectivity index (χ0n) is 12.5. The molecule has 0 aromatic heterocycles. The molecule has 2 N–H and O–H groups in total. The first-order valence-corrected chi connectivity index (χ1v) is 9.91. The summed E-state index contributed by atoms with van der Waals surface area (Å²) in [5, 5.41) is 0. The van der Waals surface area contributed by atoms with Gasteiger partial charge >= 0.3 is 0 Å². The number of hydrogen-bond donors (Lipinski definition) is 1. The number of anilines is 1. The summed E-state index contributed by atoms with van der Waals surface area (Å²) < 4.78 is 24.2. The van der Waals surface area contributed by atoms with Crippen LogP contribution in [0.1, 0.15) is 25.3 Å². The predicted molar refractivity (Wildman–Crippen MR) is 91.6 cm³/mol. The van der Waals surface area contributed by atoms with Gasteiger partial charge in [0.15, 0.2) is 9.84 Å². The van der Waals surface area contributed by atoms with Gasteiger partial charge in [-0.25, -0.2) is 8.42 Å². The first-order chi connectivity index (χ1) is 9.82. The molecule has 0 saturated carbocycles. The molecule has 1 aliphatic rings. The van der Waals surface area contributed by atoms with Crippen LogP contribution < -0.4 is 10.6 Å². The van der Waals surface area contributed by atoms with Crippen LogP contribution in [-0.4, -0.2) is 39.1 Å². The van der Waals surface area contributed by atoms with Gasteiger partial charge in [-0.05, 0) is 52.9 Å². The number of benzene rings is 1. The van der Waals surface area contributed by atoms with Gasteiger partial charge in [-0.2, -0.15) is 0 Å². The molecule has 118 valence electrons. The summed E-state index contributed by atoms with van der Waals surface area (Å²) >= 11 is 3.60. The summed E-state index contributed by atoms with van der Waals surface area (Å²) in [6, 6.07) is 6.46. The molecule has 1 saturated heterocycles. The lowest BCUT2D eigenvalue weighted by molar-refractivity contribution is 0.601. The van der Waals surface area contributed by atoms with Crippen molar-refractivity contribution in [2.75, 3.05) is 23.5 Å². The third kappa shape index (κ3) is 4.20. The Bertz CT molecular complexity index is 604. The topological polar surface area (TPSA) is 63.4 Å². The van der Waals surface area contributed by atoms with E-state index in [-0.39, 0.29) is 17.8 Å². The molecule has 0 aliphatic carbocycles. The second-order valence-electron chi connectivity index (χ2n) is 5.83. The molecule has 1 aliphatic heterocycles. The third-order valence-electron chi connectivity index (χ3n) is 4.17. The Balaban J connectivity index is 2.13. The highest BCUT2D eigenvalue weighted by molar-refractivity contribution is 9.10. The van der Waals surface area contributed by atoms with Crippen molar-refractivity contribution in [1.82, 2.24) is 0 Å². The quantitative estimate of drug-likeness (QED) is 0.858. The van der Waals surface area contributed by atoms with Gasteiger partial charge < -0.3 is 10.6 Å². The molecule has 0 amide bonds. The number of hydrogen-bond acceptors (Lipinski definition) is 4. The fourth-order valence-corrected chi connectivity index (χ4v) is 5.17. The molecule has 1 aromatic carbocycles. The Kier molecular flexibility index (Phi) is 5.33. The van der Waals surface area contributed by atoms with Crippen molar-refractivity contribution >= 4 is 31.5 Å². The van der Waals surface area contributed by atoms with Crippen LogP contribution in [-0.2, 0) is 16.3 Å². The van der Waals surface area contributed by atoms with E-state index in [2.05, 4.69) is 39.9 Å². The van der Waals surface area contributed by atoms with Crippen LogP contribution in [0.4, 0.5) is 5.69 Å². The minimum atomic E-state index is -2.86. The van der Waals surface area contributed by atoms with Gasteiger partial charge in [-0.15, -0.1) is 0 Å². The highest BCUT2D eigenvalue weighted by atomic mass is 79.9. The molecule has 21 heavy (non-hydrogen) atoms. The summed E-state index contributed by atoms with van der Waals surface area (Å²) in [5.41, 5.74) is 8.22. The molecule has 2 rings (SSSR count). The lowest BCUT2D eigenvalue weighted by Gasteiger charge is -2.27. The number of rotatable bonds is 5. The van der Waals surface area contributed by atoms with Crippen molar-refractivity contribution < 1.29 is 8.42 Å². The summed E-state index contributed by atoms with van der Waals surface area (Å²) in [7, 11) is -0.901. The average molecular weight is 375 g/mol. The third-order valence-corrected chi connectivity index (χ3v) is 6.56. The van der Waals surface area contributed by atoms with E-state index in [0.29, 0.717) is 12.2 Å². The maximum Gasteiger partial charge on any atom is 0.152 e. The van der Waals surface area contributed by atoms with E-state index in [1.807, 2.05) is 13.1 Å². The molecule has 1 heterocycles. The zero-order chi connectivity index (χ0) is 15.6. The van der Waals surface area contributed by atoms with Gasteiger partial charge in [0.1, 0.15) is 0 Å². The van der Waals surface area contributed by atoms with Crippen LogP contribution in [0, 0.1) is 0 Å². The van der Waals surface area contributed by atoms with E-state index in [1.165, 1.54) is 5.56 Å². The van der Waals surface area contributed by atoms with E-state index >= 15 is 0 Å². The largest absolute Gasteiger partial charge is 0.370 e. The zero-order valence-corrected chi connectivity index (χ0v) is 15.0. The normalized spacial score (nSPS) is 22.2. The van der Waals surface area contributed by atoms with Gasteiger partial charge in [0.2, 0.25) is 0 Å². The second kappa shape index (κ2) is 6.67. The first kappa shape index (κ1) is 16.8. The number of nitrogens with zero attached hydrogens (tertiary/aromatic N) is 1. The van der Waals surface area contributed by atoms with Crippen LogP contribution >= 0.6 is 15.9 Å². The summed E-state index contributed by atoms with van der Waals surface area (Å²) in [6.07, 6.45) is 2.52. The number of halogens is 1. The Labute approximate surface area is 135 Å². The van der Waals surface area contributed by atoms with Crippen molar-refractivity contribution in [2.45, 2.75) is 38.3 Å². The molecule has 1 aromatic rings. The van der Waals surface area contributed by atoms with Crippen molar-refractivity contribution in [1.29, 1.82) is 0 Å². The van der Waals surface area contributed by atoms with Gasteiger partial charge in [0.05, 0.1) is 17.2 Å². The molecule has 0 radical (unpaired) electrons. The van der Waals surface area contributed by atoms with Crippen LogP contribution in [0.2, 0.25) is 0 Å². The molecular weight excluding hydrogens is 352 g/mol. The Hall–Kier alpha value is -0.590. The fourth-order valence-electron chi connectivity index (χ4n) is 2.69. The summed E-state index contributed by atoms with van der Waals surface area (Å²) in [5.74, 6) is 0.543. The second-order valence-corrected chi connectivity index (χ2v) is 8.91. The minimum Gasteiger partial charge on any atom is -0.370 e. The number of nitrogens with two attached hydrogens (primary N) is 1. The summed E-state index contributed by atoms with van der Waals surface area (Å²) in [6.45, 7) is 2.09. The fraction of sp³-hybridized carbons (Fsp3) is 0.600. The van der Waals surface area contributed by atoms with Gasteiger partial charge in [-0.3, -0.25) is 0 Å². The van der Waals surface area contributed by atoms with Crippen molar-refractivity contribution in [2.24, 2.45) is 5.73 Å². The molecule has 6 heteroatoms. The molecular formula is C15H23BrN2O2S. The van der Waals surface area contributed by atoms with E-state index in [9.17, 15) is 8.42 Å². The Morgan fingerprint density at radius 1 is 1.48 bits per heavy atom. The lowest BCUT2D eigenvalue weighted by atomic mass is 10.0. The van der Waals surface area contributed by atoms with E-state index in [4.69, 9.17) is 5.73 Å². The smallest absolute Gasteiger partial charge is 0.152 e. The maximum atomic E-state index is 11.6. The molecule has 0 bridgehead atoms. The lowest BCUT2D eigenvalue weighted by Crippen LogP contribution is -2.32. The number of sulfone groups is 1. The SMILES string of the molecule is CCC(N)Cc1ccc(N(C)C2CCS(=O)(=O)C2)c(Br)c1. The van der Waals surface area contributed by atoms with Crippen LogP contribution in [0.25, 0.3) is 0 Å². The van der Waals surface area contributed by atoms with E-state index in [0.717, 1.165) is 23.0 Å². The molecule has 2 atom stereocenters. The first-order valence-electron chi connectivity index (χ1n) is 7.29. The Morgan fingerprint density at radius 2 is 2.19 bits per heavy atom. The van der Waals surface area contributed by atoms with Crippen molar-refractivity contribution in [3.8, 4) is 0 Å². The minimum absolute atomic E-state index is 0.0649. The van der Waals surface area contributed by atoms with Crippen molar-refractivity contribution in [3.63, 3.8) is 0 Å². The monoisotopic (exact) mass is 374 g/mol. The van der Waals surface area contributed by atoms with E-state index in [1.54, 1.807) is 0 Å². The molecule has 2 unspecified atom stereocenters. The molecule has 4 nitrogen and oxygen atoms in total. The van der Waals surface area contributed by atoms with Gasteiger partial charge in [-0.1, -0.05) is 13.0 Å². The van der Waals surface area contributed by atoms with E-state index < -0.39 is 9.84 Å². The van der Waals surface area contributed by atoms with Gasteiger partial charge in [0.25, 0.3) is 0 Å². The summed E-state index contributed by atoms with van der Waals surface area (Å²) in [4.78, 5) is 2.07. The average Bonchev–Trinajstić information content (AvgIpc) is 2.78. The van der Waals surface area contributed by atoms with Crippen LogP contribution in [0.15, 0.2) is 22.7 Å². The highest BCUT2D eigenvalue weighted by Gasteiger charge is 2.31. The van der Waals surface area contributed by atoms with Gasteiger partial charge in [0, 0.05) is 23.6 Å². The predicted octanol–water partition coefficient (Wildman–Crippen LogP) is 2.35. The van der Waals surface area contributed by atoms with Crippen LogP contribution in [0.5, 0.6) is 0 Å². The maximum absolute atomic E-state index is 11.6.